The summed E-state index contributed by atoms with van der Waals surface area (Å²) in [5, 5.41) is 6.44. The molecular weight excluding hydrogens is 372 g/mol. The maximum atomic E-state index is 12.1. The van der Waals surface area contributed by atoms with Gasteiger partial charge in [0, 0.05) is 23.5 Å². The number of ether oxygens (including phenoxy) is 1. The molecule has 146 valence electrons. The maximum Gasteiger partial charge on any atom is 0.277 e. The molecule has 0 aliphatic heterocycles. The van der Waals surface area contributed by atoms with Crippen molar-refractivity contribution in [3.63, 3.8) is 0 Å². The van der Waals surface area contributed by atoms with E-state index in [9.17, 15) is 4.79 Å². The Morgan fingerprint density at radius 3 is 2.52 bits per heavy atom. The quantitative estimate of drug-likeness (QED) is 0.554. The Balaban J connectivity index is 1.46. The molecule has 1 amide bonds. The van der Waals surface area contributed by atoms with Crippen LogP contribution >= 0.6 is 0 Å². The number of imidazole rings is 1. The van der Waals surface area contributed by atoms with Crippen LogP contribution in [0.15, 0.2) is 53.6 Å². The lowest BCUT2D eigenvalue weighted by Gasteiger charge is -2.09. The Bertz CT molecular complexity index is 1160. The first-order valence-electron chi connectivity index (χ1n) is 8.85. The molecule has 4 aromatic rings. The third-order valence-corrected chi connectivity index (χ3v) is 4.32. The van der Waals surface area contributed by atoms with Crippen molar-refractivity contribution in [2.75, 3.05) is 5.32 Å². The summed E-state index contributed by atoms with van der Waals surface area (Å²) in [7, 11) is 0. The number of aryl methyl sites for hydroxylation is 2. The van der Waals surface area contributed by atoms with E-state index in [1.54, 1.807) is 49.6 Å². The van der Waals surface area contributed by atoms with Crippen LogP contribution in [0.4, 0.5) is 5.69 Å². The standard InChI is InChI=1S/C20H18N6O3/c1-12-8-17(25-29-12)20(27)24-15-4-6-16(7-5-15)28-19-9-18(21-10-22-19)26-11-23-13(2)14(26)3/h4-11H,1-3H3,(H,24,27). The molecule has 4 rings (SSSR count). The van der Waals surface area contributed by atoms with E-state index in [1.807, 2.05) is 18.4 Å². The molecule has 0 atom stereocenters. The van der Waals surface area contributed by atoms with Crippen LogP contribution in [0.2, 0.25) is 0 Å². The van der Waals surface area contributed by atoms with E-state index in [4.69, 9.17) is 9.26 Å². The van der Waals surface area contributed by atoms with Crippen molar-refractivity contribution in [1.82, 2.24) is 24.7 Å². The molecule has 0 unspecified atom stereocenters. The largest absolute Gasteiger partial charge is 0.439 e. The van der Waals surface area contributed by atoms with E-state index in [2.05, 4.69) is 25.4 Å². The molecule has 0 aliphatic carbocycles. The van der Waals surface area contributed by atoms with Crippen LogP contribution < -0.4 is 10.1 Å². The maximum absolute atomic E-state index is 12.1. The number of aromatic nitrogens is 5. The Morgan fingerprint density at radius 2 is 1.86 bits per heavy atom. The highest BCUT2D eigenvalue weighted by molar-refractivity contribution is 6.02. The number of carbonyl (C=O) groups is 1. The molecular formula is C20H18N6O3. The van der Waals surface area contributed by atoms with Gasteiger partial charge in [-0.3, -0.25) is 9.36 Å². The SMILES string of the molecule is Cc1cc(C(=O)Nc2ccc(Oc3cc(-n4cnc(C)c4C)ncn3)cc2)no1. The monoisotopic (exact) mass is 390 g/mol. The predicted octanol–water partition coefficient (Wildman–Crippen LogP) is 3.62. The first-order valence-corrected chi connectivity index (χ1v) is 8.85. The van der Waals surface area contributed by atoms with Gasteiger partial charge in [-0.15, -0.1) is 0 Å². The van der Waals surface area contributed by atoms with Gasteiger partial charge in [-0.1, -0.05) is 5.16 Å². The second kappa shape index (κ2) is 7.55. The molecule has 0 saturated heterocycles. The topological polar surface area (TPSA) is 108 Å². The molecule has 9 nitrogen and oxygen atoms in total. The molecule has 9 heteroatoms. The van der Waals surface area contributed by atoms with Gasteiger partial charge in [0.1, 0.15) is 30.0 Å². The van der Waals surface area contributed by atoms with E-state index in [1.165, 1.54) is 6.33 Å². The highest BCUT2D eigenvalue weighted by atomic mass is 16.5. The third-order valence-electron chi connectivity index (χ3n) is 4.32. The first kappa shape index (κ1) is 18.4. The first-order chi connectivity index (χ1) is 14.0. The van der Waals surface area contributed by atoms with Crippen LogP contribution in [0.5, 0.6) is 11.6 Å². The summed E-state index contributed by atoms with van der Waals surface area (Å²) in [6, 6.07) is 10.2. The second-order valence-corrected chi connectivity index (χ2v) is 6.40. The van der Waals surface area contributed by atoms with Gasteiger partial charge >= 0.3 is 0 Å². The fourth-order valence-corrected chi connectivity index (χ4v) is 2.64. The van der Waals surface area contributed by atoms with Gasteiger partial charge in [-0.25, -0.2) is 15.0 Å². The lowest BCUT2D eigenvalue weighted by molar-refractivity contribution is 0.101. The van der Waals surface area contributed by atoms with Gasteiger partial charge in [-0.05, 0) is 45.0 Å². The average Bonchev–Trinajstić information content (AvgIpc) is 3.30. The number of benzene rings is 1. The molecule has 1 aromatic carbocycles. The van der Waals surface area contributed by atoms with Gasteiger partial charge in [0.2, 0.25) is 5.88 Å². The van der Waals surface area contributed by atoms with Crippen molar-refractivity contribution in [2.24, 2.45) is 0 Å². The Kier molecular flexibility index (Phi) is 4.78. The molecule has 3 heterocycles. The van der Waals surface area contributed by atoms with Crippen molar-refractivity contribution in [1.29, 1.82) is 0 Å². The minimum atomic E-state index is -0.345. The fourth-order valence-electron chi connectivity index (χ4n) is 2.64. The number of carbonyl (C=O) groups excluding carboxylic acids is 1. The zero-order valence-corrected chi connectivity index (χ0v) is 16.1. The van der Waals surface area contributed by atoms with Crippen LogP contribution in [-0.4, -0.2) is 30.6 Å². The number of rotatable bonds is 5. The second-order valence-electron chi connectivity index (χ2n) is 6.40. The van der Waals surface area contributed by atoms with E-state index >= 15 is 0 Å². The smallest absolute Gasteiger partial charge is 0.277 e. The van der Waals surface area contributed by atoms with Crippen LogP contribution in [0.25, 0.3) is 5.82 Å². The van der Waals surface area contributed by atoms with Crippen molar-refractivity contribution in [2.45, 2.75) is 20.8 Å². The van der Waals surface area contributed by atoms with E-state index in [0.29, 0.717) is 28.9 Å². The zero-order valence-electron chi connectivity index (χ0n) is 16.1. The Labute approximate surface area is 166 Å². The molecule has 0 radical (unpaired) electrons. The van der Waals surface area contributed by atoms with Crippen molar-refractivity contribution in [3.05, 3.63) is 71.9 Å². The minimum Gasteiger partial charge on any atom is -0.439 e. The van der Waals surface area contributed by atoms with Crippen LogP contribution in [0.3, 0.4) is 0 Å². The average molecular weight is 390 g/mol. The zero-order chi connectivity index (χ0) is 20.4. The number of nitrogens with zero attached hydrogens (tertiary/aromatic N) is 5. The van der Waals surface area contributed by atoms with E-state index in [0.717, 1.165) is 11.4 Å². The van der Waals surface area contributed by atoms with Gasteiger partial charge in [0.25, 0.3) is 5.91 Å². The molecule has 0 saturated carbocycles. The van der Waals surface area contributed by atoms with E-state index < -0.39 is 0 Å². The number of anilines is 1. The minimum absolute atomic E-state index is 0.223. The van der Waals surface area contributed by atoms with Crippen molar-refractivity contribution < 1.29 is 14.1 Å². The molecule has 0 bridgehead atoms. The Hall–Kier alpha value is -4.01. The molecule has 29 heavy (non-hydrogen) atoms. The Morgan fingerprint density at radius 1 is 1.07 bits per heavy atom. The van der Waals surface area contributed by atoms with Gasteiger partial charge < -0.3 is 14.6 Å². The molecule has 1 N–H and O–H groups in total. The van der Waals surface area contributed by atoms with Crippen molar-refractivity contribution in [3.8, 4) is 17.4 Å². The van der Waals surface area contributed by atoms with Gasteiger partial charge in [0.15, 0.2) is 5.69 Å². The summed E-state index contributed by atoms with van der Waals surface area (Å²) in [6.07, 6.45) is 3.15. The molecule has 3 aromatic heterocycles. The van der Waals surface area contributed by atoms with E-state index in [-0.39, 0.29) is 11.6 Å². The number of hydrogen-bond acceptors (Lipinski definition) is 7. The van der Waals surface area contributed by atoms with Gasteiger partial charge in [0.05, 0.1) is 5.69 Å². The summed E-state index contributed by atoms with van der Waals surface area (Å²) >= 11 is 0. The summed E-state index contributed by atoms with van der Waals surface area (Å²) < 4.78 is 12.6. The lowest BCUT2D eigenvalue weighted by Crippen LogP contribution is -2.11. The molecule has 0 aliphatic rings. The fraction of sp³-hybridized carbons (Fsp3) is 0.150. The number of amides is 1. The summed E-state index contributed by atoms with van der Waals surface area (Å²) in [5.74, 6) is 1.87. The predicted molar refractivity (Wildman–Crippen MR) is 104 cm³/mol. The highest BCUT2D eigenvalue weighted by Gasteiger charge is 2.12. The normalized spacial score (nSPS) is 10.7. The summed E-state index contributed by atoms with van der Waals surface area (Å²) in [4.78, 5) is 24.8. The molecule has 0 fully saturated rings. The molecule has 0 spiro atoms. The van der Waals surface area contributed by atoms with Crippen molar-refractivity contribution >= 4 is 11.6 Å². The highest BCUT2D eigenvalue weighted by Crippen LogP contribution is 2.23. The number of hydrogen-bond donors (Lipinski definition) is 1. The summed E-state index contributed by atoms with van der Waals surface area (Å²) in [5.41, 5.74) is 2.76. The number of nitrogens with one attached hydrogen (secondary N) is 1. The van der Waals surface area contributed by atoms with Gasteiger partial charge in [-0.2, -0.15) is 0 Å². The van der Waals surface area contributed by atoms with Crippen LogP contribution in [-0.2, 0) is 0 Å². The third kappa shape index (κ3) is 3.98. The van der Waals surface area contributed by atoms with Crippen LogP contribution in [0.1, 0.15) is 27.6 Å². The lowest BCUT2D eigenvalue weighted by atomic mass is 10.3. The van der Waals surface area contributed by atoms with Crippen LogP contribution in [0, 0.1) is 20.8 Å². The summed E-state index contributed by atoms with van der Waals surface area (Å²) in [6.45, 7) is 5.64.